The molecule has 7 heteroatoms. The van der Waals surface area contributed by atoms with Gasteiger partial charge in [0.25, 0.3) is 0 Å². The Bertz CT molecular complexity index is 651. The molecule has 0 spiro atoms. The average molecular weight is 295 g/mol. The minimum absolute atomic E-state index is 0.153. The van der Waals surface area contributed by atoms with E-state index in [1.807, 2.05) is 0 Å². The summed E-state index contributed by atoms with van der Waals surface area (Å²) in [6.45, 7) is 1.88. The number of aliphatic hydroxyl groups excluding tert-OH is 1. The van der Waals surface area contributed by atoms with E-state index in [9.17, 15) is 13.5 Å². The maximum atomic E-state index is 12.1. The molecule has 0 aliphatic rings. The lowest BCUT2D eigenvalue weighted by molar-refractivity contribution is 0.199. The first-order valence-electron chi connectivity index (χ1n) is 6.24. The molecular weight excluding hydrogens is 278 g/mol. The molecule has 6 nitrogen and oxygen atoms in total. The first kappa shape index (κ1) is 14.7. The fourth-order valence-corrected chi connectivity index (χ4v) is 2.85. The van der Waals surface area contributed by atoms with Gasteiger partial charge in [-0.3, -0.25) is 0 Å². The van der Waals surface area contributed by atoms with Gasteiger partial charge in [0.2, 0.25) is 10.0 Å². The summed E-state index contributed by atoms with van der Waals surface area (Å²) in [4.78, 5) is 6.93. The van der Waals surface area contributed by atoms with Gasteiger partial charge in [-0.2, -0.15) is 0 Å². The minimum Gasteiger partial charge on any atom is -0.389 e. The van der Waals surface area contributed by atoms with Crippen LogP contribution < -0.4 is 4.72 Å². The van der Waals surface area contributed by atoms with Crippen molar-refractivity contribution in [2.75, 3.05) is 6.54 Å². The molecule has 1 aromatic carbocycles. The lowest BCUT2D eigenvalue weighted by Crippen LogP contribution is -2.26. The molecule has 1 atom stereocenters. The third-order valence-electron chi connectivity index (χ3n) is 2.89. The third-order valence-corrected chi connectivity index (χ3v) is 4.35. The number of nitrogens with zero attached hydrogens (tertiary/aromatic N) is 1. The van der Waals surface area contributed by atoms with E-state index in [0.29, 0.717) is 12.0 Å². The Kier molecular flexibility index (Phi) is 4.53. The van der Waals surface area contributed by atoms with Crippen LogP contribution in [0, 0.1) is 0 Å². The zero-order valence-electron chi connectivity index (χ0n) is 11.1. The normalized spacial score (nSPS) is 13.3. The molecule has 108 valence electrons. The molecule has 0 radical (unpaired) electrons. The summed E-state index contributed by atoms with van der Waals surface area (Å²) >= 11 is 0. The van der Waals surface area contributed by atoms with Crippen molar-refractivity contribution in [3.8, 4) is 0 Å². The highest BCUT2D eigenvalue weighted by atomic mass is 32.2. The predicted molar refractivity (Wildman–Crippen MR) is 74.6 cm³/mol. The second-order valence-corrected chi connectivity index (χ2v) is 6.24. The Morgan fingerprint density at radius 2 is 2.25 bits per heavy atom. The van der Waals surface area contributed by atoms with Crippen LogP contribution in [0.15, 0.2) is 41.7 Å². The number of nitrogens with one attached hydrogen (secondary N) is 2. The first-order valence-corrected chi connectivity index (χ1v) is 7.72. The maximum Gasteiger partial charge on any atom is 0.240 e. The van der Waals surface area contributed by atoms with Crippen LogP contribution in [0.3, 0.4) is 0 Å². The zero-order chi connectivity index (χ0) is 14.6. The minimum atomic E-state index is -3.56. The Balaban J connectivity index is 2.04. The van der Waals surface area contributed by atoms with Gasteiger partial charge in [0.1, 0.15) is 0 Å². The predicted octanol–water partition coefficient (Wildman–Crippen LogP) is 0.984. The van der Waals surface area contributed by atoms with Gasteiger partial charge in [-0.15, -0.1) is 0 Å². The fraction of sp³-hybridized carbons (Fsp3) is 0.308. The van der Waals surface area contributed by atoms with E-state index >= 15 is 0 Å². The number of sulfonamides is 1. The van der Waals surface area contributed by atoms with E-state index in [2.05, 4.69) is 14.7 Å². The fourth-order valence-electron chi connectivity index (χ4n) is 1.77. The van der Waals surface area contributed by atoms with E-state index in [4.69, 9.17) is 0 Å². The molecular formula is C13H17N3O3S. The van der Waals surface area contributed by atoms with E-state index in [-0.39, 0.29) is 11.4 Å². The molecule has 2 rings (SSSR count). The van der Waals surface area contributed by atoms with Gasteiger partial charge in [0.15, 0.2) is 0 Å². The summed E-state index contributed by atoms with van der Waals surface area (Å²) in [5.74, 6) is 0. The maximum absolute atomic E-state index is 12.1. The van der Waals surface area contributed by atoms with Gasteiger partial charge in [-0.05, 0) is 24.6 Å². The number of aromatic nitrogens is 2. The molecule has 0 aliphatic heterocycles. The largest absolute Gasteiger partial charge is 0.389 e. The van der Waals surface area contributed by atoms with Gasteiger partial charge >= 0.3 is 0 Å². The topological polar surface area (TPSA) is 95.1 Å². The van der Waals surface area contributed by atoms with Crippen molar-refractivity contribution >= 4 is 10.0 Å². The highest BCUT2D eigenvalue weighted by Gasteiger charge is 2.14. The van der Waals surface area contributed by atoms with Crippen LogP contribution in [0.4, 0.5) is 0 Å². The van der Waals surface area contributed by atoms with Gasteiger partial charge in [0.05, 0.1) is 17.3 Å². The number of hydrogen-bond donors (Lipinski definition) is 3. The van der Waals surface area contributed by atoms with E-state index in [1.165, 1.54) is 12.1 Å². The number of aromatic amines is 1. The highest BCUT2D eigenvalue weighted by Crippen LogP contribution is 2.17. The summed E-state index contributed by atoms with van der Waals surface area (Å²) in [5.41, 5.74) is 1.44. The number of H-pyrrole nitrogens is 1. The molecule has 2 aromatic rings. The molecule has 0 saturated carbocycles. The van der Waals surface area contributed by atoms with E-state index in [1.54, 1.807) is 31.6 Å². The van der Waals surface area contributed by atoms with Gasteiger partial charge in [-0.1, -0.05) is 12.1 Å². The second-order valence-electron chi connectivity index (χ2n) is 4.47. The summed E-state index contributed by atoms with van der Waals surface area (Å²) in [6, 6.07) is 6.29. The molecule has 0 saturated heterocycles. The van der Waals surface area contributed by atoms with Crippen molar-refractivity contribution in [1.82, 2.24) is 14.7 Å². The van der Waals surface area contributed by atoms with Gasteiger partial charge < -0.3 is 10.1 Å². The lowest BCUT2D eigenvalue weighted by atomic mass is 10.1. The molecule has 0 fully saturated rings. The Morgan fingerprint density at radius 3 is 2.90 bits per heavy atom. The Hall–Kier alpha value is -1.70. The van der Waals surface area contributed by atoms with Gasteiger partial charge in [0, 0.05) is 24.9 Å². The van der Waals surface area contributed by atoms with Gasteiger partial charge in [-0.25, -0.2) is 18.1 Å². The van der Waals surface area contributed by atoms with Crippen molar-refractivity contribution in [2.24, 2.45) is 0 Å². The number of benzene rings is 1. The summed E-state index contributed by atoms with van der Waals surface area (Å²) < 4.78 is 26.8. The summed E-state index contributed by atoms with van der Waals surface area (Å²) in [5, 5.41) is 9.49. The molecule has 0 bridgehead atoms. The Morgan fingerprint density at radius 1 is 1.45 bits per heavy atom. The quantitative estimate of drug-likeness (QED) is 0.740. The summed E-state index contributed by atoms with van der Waals surface area (Å²) in [7, 11) is -3.56. The van der Waals surface area contributed by atoms with Crippen LogP contribution in [0.2, 0.25) is 0 Å². The Labute approximate surface area is 117 Å². The second kappa shape index (κ2) is 6.17. The molecule has 1 aromatic heterocycles. The average Bonchev–Trinajstić information content (AvgIpc) is 2.92. The SMILES string of the molecule is CC(O)c1cccc(S(=O)(=O)NCCc2cnc[nH]2)c1. The van der Waals surface area contributed by atoms with Crippen molar-refractivity contribution in [1.29, 1.82) is 0 Å². The molecule has 20 heavy (non-hydrogen) atoms. The standard InChI is InChI=1S/C13H17N3O3S/c1-10(17)11-3-2-4-13(7-11)20(18,19)16-6-5-12-8-14-9-15-12/h2-4,7-10,16-17H,5-6H2,1H3,(H,14,15). The molecule has 0 aliphatic carbocycles. The monoisotopic (exact) mass is 295 g/mol. The zero-order valence-corrected chi connectivity index (χ0v) is 11.9. The van der Waals surface area contributed by atoms with E-state index < -0.39 is 16.1 Å². The number of rotatable bonds is 6. The smallest absolute Gasteiger partial charge is 0.240 e. The van der Waals surface area contributed by atoms with E-state index in [0.717, 1.165) is 5.69 Å². The third kappa shape index (κ3) is 3.66. The number of aliphatic hydroxyl groups is 1. The first-order chi connectivity index (χ1) is 9.49. The van der Waals surface area contributed by atoms with Crippen LogP contribution in [0.1, 0.15) is 24.3 Å². The van der Waals surface area contributed by atoms with Crippen LogP contribution in [-0.2, 0) is 16.4 Å². The van der Waals surface area contributed by atoms with Crippen molar-refractivity contribution < 1.29 is 13.5 Å². The van der Waals surface area contributed by atoms with Crippen molar-refractivity contribution in [2.45, 2.75) is 24.3 Å². The molecule has 1 heterocycles. The van der Waals surface area contributed by atoms with Crippen LogP contribution in [0.25, 0.3) is 0 Å². The van der Waals surface area contributed by atoms with Crippen LogP contribution >= 0.6 is 0 Å². The van der Waals surface area contributed by atoms with Crippen molar-refractivity contribution in [3.05, 3.63) is 48.0 Å². The van der Waals surface area contributed by atoms with Crippen molar-refractivity contribution in [3.63, 3.8) is 0 Å². The highest BCUT2D eigenvalue weighted by molar-refractivity contribution is 7.89. The lowest BCUT2D eigenvalue weighted by Gasteiger charge is -2.09. The molecule has 3 N–H and O–H groups in total. The molecule has 1 unspecified atom stereocenters. The van der Waals surface area contributed by atoms with Crippen LogP contribution in [0.5, 0.6) is 0 Å². The summed E-state index contributed by atoms with van der Waals surface area (Å²) in [6.07, 6.45) is 3.04. The number of imidazole rings is 1. The van der Waals surface area contributed by atoms with Crippen LogP contribution in [-0.4, -0.2) is 30.0 Å². The number of hydrogen-bond acceptors (Lipinski definition) is 4. The molecule has 0 amide bonds.